The molecule has 132 valence electrons. The van der Waals surface area contributed by atoms with Crippen molar-refractivity contribution in [2.45, 2.75) is 44.9 Å². The van der Waals surface area contributed by atoms with E-state index < -0.39 is 0 Å². The van der Waals surface area contributed by atoms with Crippen LogP contribution in [0.1, 0.15) is 44.1 Å². The van der Waals surface area contributed by atoms with Crippen molar-refractivity contribution in [2.24, 2.45) is 0 Å². The van der Waals surface area contributed by atoms with Gasteiger partial charge in [0, 0.05) is 19.5 Å². The Morgan fingerprint density at radius 2 is 1.92 bits per heavy atom. The summed E-state index contributed by atoms with van der Waals surface area (Å²) in [6, 6.07) is 7.96. The van der Waals surface area contributed by atoms with E-state index in [9.17, 15) is 4.79 Å². The highest BCUT2D eigenvalue weighted by Gasteiger charge is 2.04. The van der Waals surface area contributed by atoms with Crippen molar-refractivity contribution >= 4 is 5.91 Å². The molecule has 1 amide bonds. The Balaban J connectivity index is 1.49. The number of carbonyl (C=O) groups is 1. The third-order valence-electron chi connectivity index (χ3n) is 4.43. The summed E-state index contributed by atoms with van der Waals surface area (Å²) in [7, 11) is 1.66. The summed E-state index contributed by atoms with van der Waals surface area (Å²) in [6.07, 6.45) is 10.1. The Labute approximate surface area is 145 Å². The molecule has 0 radical (unpaired) electrons. The fourth-order valence-electron chi connectivity index (χ4n) is 2.93. The zero-order valence-electron chi connectivity index (χ0n) is 14.8. The molecule has 0 unspecified atom stereocenters. The van der Waals surface area contributed by atoms with Gasteiger partial charge in [0.1, 0.15) is 5.75 Å². The minimum atomic E-state index is 0.118. The van der Waals surface area contributed by atoms with Crippen molar-refractivity contribution < 1.29 is 9.53 Å². The van der Waals surface area contributed by atoms with Gasteiger partial charge in [0.05, 0.1) is 7.11 Å². The van der Waals surface area contributed by atoms with E-state index in [-0.39, 0.29) is 5.91 Å². The first-order valence-corrected chi connectivity index (χ1v) is 9.06. The summed E-state index contributed by atoms with van der Waals surface area (Å²) < 4.78 is 5.13. The number of methoxy groups -OCH3 is 1. The van der Waals surface area contributed by atoms with Crippen molar-refractivity contribution in [1.82, 2.24) is 10.6 Å². The standard InChI is InChI=1S/C20H30N2O2/c1-24-19-9-7-18(8-10-19)12-16-22-20(23)13-15-21-14-11-17-5-3-2-4-6-17/h5,7-10,21H,2-4,6,11-16H2,1H3,(H,22,23). The lowest BCUT2D eigenvalue weighted by molar-refractivity contribution is -0.120. The highest BCUT2D eigenvalue weighted by atomic mass is 16.5. The van der Waals surface area contributed by atoms with Crippen LogP contribution in [-0.2, 0) is 11.2 Å². The van der Waals surface area contributed by atoms with E-state index in [1.54, 1.807) is 12.7 Å². The number of ether oxygens (including phenoxy) is 1. The second kappa shape index (κ2) is 10.9. The van der Waals surface area contributed by atoms with E-state index >= 15 is 0 Å². The monoisotopic (exact) mass is 330 g/mol. The number of amides is 1. The molecule has 1 aliphatic carbocycles. The maximum absolute atomic E-state index is 11.8. The molecule has 0 aromatic heterocycles. The largest absolute Gasteiger partial charge is 0.497 e. The molecule has 1 aromatic rings. The quantitative estimate of drug-likeness (QED) is 0.511. The molecule has 0 heterocycles. The lowest BCUT2D eigenvalue weighted by Crippen LogP contribution is -2.29. The molecule has 0 bridgehead atoms. The first-order chi connectivity index (χ1) is 11.8. The normalized spacial score (nSPS) is 14.1. The zero-order valence-corrected chi connectivity index (χ0v) is 14.8. The Morgan fingerprint density at radius 3 is 2.62 bits per heavy atom. The second-order valence-electron chi connectivity index (χ2n) is 6.31. The van der Waals surface area contributed by atoms with Gasteiger partial charge in [-0.2, -0.15) is 0 Å². The number of carbonyl (C=O) groups excluding carboxylic acids is 1. The van der Waals surface area contributed by atoms with E-state index in [2.05, 4.69) is 16.7 Å². The van der Waals surface area contributed by atoms with Crippen LogP contribution in [-0.4, -0.2) is 32.7 Å². The van der Waals surface area contributed by atoms with Gasteiger partial charge in [-0.3, -0.25) is 4.79 Å². The summed E-state index contributed by atoms with van der Waals surface area (Å²) in [4.78, 5) is 11.8. The van der Waals surface area contributed by atoms with Gasteiger partial charge in [-0.15, -0.1) is 0 Å². The second-order valence-corrected chi connectivity index (χ2v) is 6.31. The number of hydrogen-bond acceptors (Lipinski definition) is 3. The average molecular weight is 330 g/mol. The maximum atomic E-state index is 11.8. The van der Waals surface area contributed by atoms with E-state index in [1.165, 1.54) is 31.2 Å². The fraction of sp³-hybridized carbons (Fsp3) is 0.550. The van der Waals surface area contributed by atoms with Crippen LogP contribution >= 0.6 is 0 Å². The summed E-state index contributed by atoms with van der Waals surface area (Å²) in [5.74, 6) is 0.978. The molecule has 0 saturated heterocycles. The summed E-state index contributed by atoms with van der Waals surface area (Å²) in [6.45, 7) is 2.41. The number of allylic oxidation sites excluding steroid dienone is 1. The van der Waals surface area contributed by atoms with Crippen molar-refractivity contribution in [3.63, 3.8) is 0 Å². The Hall–Kier alpha value is -1.81. The van der Waals surface area contributed by atoms with E-state index in [1.807, 2.05) is 24.3 Å². The molecule has 0 saturated carbocycles. The first kappa shape index (κ1) is 18.5. The number of benzene rings is 1. The molecular weight excluding hydrogens is 300 g/mol. The summed E-state index contributed by atoms with van der Waals surface area (Å²) in [5.41, 5.74) is 2.78. The van der Waals surface area contributed by atoms with Gasteiger partial charge in [-0.1, -0.05) is 23.8 Å². The van der Waals surface area contributed by atoms with Gasteiger partial charge in [0.25, 0.3) is 0 Å². The summed E-state index contributed by atoms with van der Waals surface area (Å²) in [5, 5.41) is 6.35. The molecule has 0 atom stereocenters. The van der Waals surface area contributed by atoms with Gasteiger partial charge in [-0.05, 0) is 62.8 Å². The highest BCUT2D eigenvalue weighted by Crippen LogP contribution is 2.19. The Kier molecular flexibility index (Phi) is 8.39. The van der Waals surface area contributed by atoms with Crippen LogP contribution in [0.25, 0.3) is 0 Å². The summed E-state index contributed by atoms with van der Waals surface area (Å²) >= 11 is 0. The number of hydrogen-bond donors (Lipinski definition) is 2. The van der Waals surface area contributed by atoms with Crippen LogP contribution in [0.4, 0.5) is 0 Å². The van der Waals surface area contributed by atoms with E-state index in [4.69, 9.17) is 4.74 Å². The predicted octanol–water partition coefficient (Wildman–Crippen LogP) is 3.22. The van der Waals surface area contributed by atoms with Gasteiger partial charge < -0.3 is 15.4 Å². The van der Waals surface area contributed by atoms with E-state index in [0.29, 0.717) is 13.0 Å². The van der Waals surface area contributed by atoms with Crippen molar-refractivity contribution in [1.29, 1.82) is 0 Å². The smallest absolute Gasteiger partial charge is 0.221 e. The number of rotatable bonds is 10. The minimum absolute atomic E-state index is 0.118. The van der Waals surface area contributed by atoms with Crippen molar-refractivity contribution in [3.05, 3.63) is 41.5 Å². The van der Waals surface area contributed by atoms with Crippen LogP contribution in [0.5, 0.6) is 5.75 Å². The number of nitrogens with one attached hydrogen (secondary N) is 2. The van der Waals surface area contributed by atoms with Crippen LogP contribution in [0.15, 0.2) is 35.9 Å². The predicted molar refractivity (Wildman–Crippen MR) is 98.4 cm³/mol. The molecule has 0 spiro atoms. The molecule has 4 nitrogen and oxygen atoms in total. The SMILES string of the molecule is COc1ccc(CCNC(=O)CCNCCC2=CCCCC2)cc1. The first-order valence-electron chi connectivity index (χ1n) is 9.06. The fourth-order valence-corrected chi connectivity index (χ4v) is 2.93. The van der Waals surface area contributed by atoms with Crippen molar-refractivity contribution in [2.75, 3.05) is 26.7 Å². The molecular formula is C20H30N2O2. The lowest BCUT2D eigenvalue weighted by Gasteiger charge is -2.12. The van der Waals surface area contributed by atoms with Gasteiger partial charge in [-0.25, -0.2) is 0 Å². The molecule has 1 aliphatic rings. The molecule has 24 heavy (non-hydrogen) atoms. The van der Waals surface area contributed by atoms with Crippen LogP contribution in [0, 0.1) is 0 Å². The highest BCUT2D eigenvalue weighted by molar-refractivity contribution is 5.76. The van der Waals surface area contributed by atoms with Gasteiger partial charge in [0.15, 0.2) is 0 Å². The van der Waals surface area contributed by atoms with E-state index in [0.717, 1.165) is 31.7 Å². The van der Waals surface area contributed by atoms with Gasteiger partial charge in [0.2, 0.25) is 5.91 Å². The third kappa shape index (κ3) is 7.18. The Morgan fingerprint density at radius 1 is 1.08 bits per heavy atom. The van der Waals surface area contributed by atoms with Crippen LogP contribution in [0.3, 0.4) is 0 Å². The van der Waals surface area contributed by atoms with Crippen molar-refractivity contribution in [3.8, 4) is 5.75 Å². The zero-order chi connectivity index (χ0) is 17.0. The maximum Gasteiger partial charge on any atom is 0.221 e. The average Bonchev–Trinajstić information content (AvgIpc) is 2.63. The van der Waals surface area contributed by atoms with Crippen LogP contribution in [0.2, 0.25) is 0 Å². The molecule has 2 rings (SSSR count). The molecule has 0 aliphatic heterocycles. The van der Waals surface area contributed by atoms with Gasteiger partial charge >= 0.3 is 0 Å². The molecule has 0 fully saturated rings. The third-order valence-corrected chi connectivity index (χ3v) is 4.43. The Bertz CT molecular complexity index is 523. The lowest BCUT2D eigenvalue weighted by atomic mass is 9.97. The topological polar surface area (TPSA) is 50.4 Å². The molecule has 4 heteroatoms. The molecule has 2 N–H and O–H groups in total. The molecule has 1 aromatic carbocycles. The minimum Gasteiger partial charge on any atom is -0.497 e. The van der Waals surface area contributed by atoms with Crippen LogP contribution < -0.4 is 15.4 Å².